The smallest absolute Gasteiger partial charge is 0.251 e. The van der Waals surface area contributed by atoms with Crippen molar-refractivity contribution in [2.75, 3.05) is 11.9 Å². The molecule has 1 aromatic rings. The molecule has 0 atom stereocenters. The van der Waals surface area contributed by atoms with Gasteiger partial charge in [0.25, 0.3) is 5.91 Å². The Labute approximate surface area is 94.4 Å². The van der Waals surface area contributed by atoms with Crippen LogP contribution >= 0.6 is 0 Å². The molecule has 0 spiro atoms. The highest BCUT2D eigenvalue weighted by atomic mass is 16.2. The Hall–Kier alpha value is -2.10. The highest BCUT2D eigenvalue weighted by molar-refractivity contribution is 5.99. The number of carbonyl (C=O) groups is 2. The molecule has 0 aromatic heterocycles. The van der Waals surface area contributed by atoms with Crippen LogP contribution in [0.4, 0.5) is 5.69 Å². The lowest BCUT2D eigenvalue weighted by Gasteiger charge is -2.04. The molecule has 0 aliphatic heterocycles. The van der Waals surface area contributed by atoms with E-state index in [4.69, 9.17) is 0 Å². The summed E-state index contributed by atoms with van der Waals surface area (Å²) in [4.78, 5) is 22.4. The van der Waals surface area contributed by atoms with Crippen molar-refractivity contribution in [1.29, 1.82) is 0 Å². The highest BCUT2D eigenvalue weighted by Crippen LogP contribution is 2.09. The first-order valence-electron chi connectivity index (χ1n) is 4.99. The van der Waals surface area contributed by atoms with E-state index < -0.39 is 0 Å². The first-order chi connectivity index (χ1) is 7.67. The van der Waals surface area contributed by atoms with Crippen LogP contribution in [-0.2, 0) is 4.79 Å². The molecular formula is C12H14N2O2. The van der Waals surface area contributed by atoms with Gasteiger partial charge >= 0.3 is 0 Å². The van der Waals surface area contributed by atoms with Crippen LogP contribution in [0.3, 0.4) is 0 Å². The zero-order chi connectivity index (χ0) is 12.0. The summed E-state index contributed by atoms with van der Waals surface area (Å²) in [5.41, 5.74) is 1.21. The second-order valence-corrected chi connectivity index (χ2v) is 3.13. The van der Waals surface area contributed by atoms with Crippen LogP contribution in [0.15, 0.2) is 36.9 Å². The Bertz CT molecular complexity index is 396. The average molecular weight is 218 g/mol. The maximum absolute atomic E-state index is 11.4. The van der Waals surface area contributed by atoms with Gasteiger partial charge in [-0.1, -0.05) is 6.58 Å². The summed E-state index contributed by atoms with van der Waals surface area (Å²) in [5, 5.41) is 5.29. The van der Waals surface area contributed by atoms with Gasteiger partial charge in [-0.3, -0.25) is 9.59 Å². The van der Waals surface area contributed by atoms with E-state index in [-0.39, 0.29) is 11.8 Å². The molecule has 0 aliphatic rings. The van der Waals surface area contributed by atoms with Crippen LogP contribution in [0.2, 0.25) is 0 Å². The van der Waals surface area contributed by atoms with Gasteiger partial charge in [0.15, 0.2) is 0 Å². The minimum absolute atomic E-state index is 0.121. The molecule has 0 aliphatic carbocycles. The number of amides is 2. The van der Waals surface area contributed by atoms with Crippen molar-refractivity contribution < 1.29 is 9.59 Å². The molecule has 4 nitrogen and oxygen atoms in total. The third-order valence-corrected chi connectivity index (χ3v) is 1.94. The molecule has 0 unspecified atom stereocenters. The average Bonchev–Trinajstić information content (AvgIpc) is 2.30. The molecule has 2 N–H and O–H groups in total. The van der Waals surface area contributed by atoms with Gasteiger partial charge in [0.2, 0.25) is 5.91 Å². The zero-order valence-corrected chi connectivity index (χ0v) is 9.12. The third kappa shape index (κ3) is 3.24. The Kier molecular flexibility index (Phi) is 4.27. The quantitative estimate of drug-likeness (QED) is 0.753. The van der Waals surface area contributed by atoms with Crippen LogP contribution in [0, 0.1) is 0 Å². The van der Waals surface area contributed by atoms with Gasteiger partial charge in [0.05, 0.1) is 0 Å². The SMILES string of the molecule is C=CC(=O)Nc1ccc(C(=O)NCC)cc1. The number of carbonyl (C=O) groups excluding carboxylic acids is 2. The lowest BCUT2D eigenvalue weighted by atomic mass is 10.2. The monoisotopic (exact) mass is 218 g/mol. The highest BCUT2D eigenvalue weighted by Gasteiger charge is 2.03. The largest absolute Gasteiger partial charge is 0.352 e. The van der Waals surface area contributed by atoms with Crippen LogP contribution < -0.4 is 10.6 Å². The first-order valence-corrected chi connectivity index (χ1v) is 4.99. The molecule has 0 saturated heterocycles. The molecular weight excluding hydrogens is 204 g/mol. The van der Waals surface area contributed by atoms with E-state index in [2.05, 4.69) is 17.2 Å². The summed E-state index contributed by atoms with van der Waals surface area (Å²) < 4.78 is 0. The molecule has 0 bridgehead atoms. The van der Waals surface area contributed by atoms with Gasteiger partial charge in [0.1, 0.15) is 0 Å². The van der Waals surface area contributed by atoms with Crippen molar-refractivity contribution >= 4 is 17.5 Å². The standard InChI is InChI=1S/C12H14N2O2/c1-3-11(15)14-10-7-5-9(6-8-10)12(16)13-4-2/h3,5-8H,1,4H2,2H3,(H,13,16)(H,14,15). The maximum Gasteiger partial charge on any atom is 0.251 e. The molecule has 0 heterocycles. The van der Waals surface area contributed by atoms with E-state index in [0.717, 1.165) is 0 Å². The van der Waals surface area contributed by atoms with E-state index in [1.165, 1.54) is 6.08 Å². The van der Waals surface area contributed by atoms with Gasteiger partial charge in [-0.2, -0.15) is 0 Å². The lowest BCUT2D eigenvalue weighted by Crippen LogP contribution is -2.22. The summed E-state index contributed by atoms with van der Waals surface area (Å²) in [5.74, 6) is -0.394. The van der Waals surface area contributed by atoms with Gasteiger partial charge in [-0.25, -0.2) is 0 Å². The zero-order valence-electron chi connectivity index (χ0n) is 9.12. The van der Waals surface area contributed by atoms with Crippen molar-refractivity contribution in [2.45, 2.75) is 6.92 Å². The van der Waals surface area contributed by atoms with Crippen LogP contribution in [0.25, 0.3) is 0 Å². The Morgan fingerprint density at radius 3 is 2.44 bits per heavy atom. The molecule has 0 fully saturated rings. The minimum atomic E-state index is -0.272. The fourth-order valence-electron chi connectivity index (χ4n) is 1.16. The van der Waals surface area contributed by atoms with E-state index in [9.17, 15) is 9.59 Å². The van der Waals surface area contributed by atoms with Crippen molar-refractivity contribution in [3.05, 3.63) is 42.5 Å². The maximum atomic E-state index is 11.4. The summed E-state index contributed by atoms with van der Waals surface area (Å²) >= 11 is 0. The van der Waals surface area contributed by atoms with E-state index in [1.807, 2.05) is 6.92 Å². The summed E-state index contributed by atoms with van der Waals surface area (Å²) in [6, 6.07) is 6.66. The van der Waals surface area contributed by atoms with Crippen molar-refractivity contribution in [2.24, 2.45) is 0 Å². The fourth-order valence-corrected chi connectivity index (χ4v) is 1.16. The number of nitrogens with one attached hydrogen (secondary N) is 2. The van der Waals surface area contributed by atoms with E-state index >= 15 is 0 Å². The second kappa shape index (κ2) is 5.70. The number of hydrogen-bond donors (Lipinski definition) is 2. The fraction of sp³-hybridized carbons (Fsp3) is 0.167. The van der Waals surface area contributed by atoms with E-state index in [1.54, 1.807) is 24.3 Å². The molecule has 16 heavy (non-hydrogen) atoms. The topological polar surface area (TPSA) is 58.2 Å². The van der Waals surface area contributed by atoms with Crippen molar-refractivity contribution in [3.8, 4) is 0 Å². The predicted molar refractivity (Wildman–Crippen MR) is 63.3 cm³/mol. The molecule has 2 amide bonds. The molecule has 0 radical (unpaired) electrons. The number of anilines is 1. The van der Waals surface area contributed by atoms with Crippen molar-refractivity contribution in [3.63, 3.8) is 0 Å². The lowest BCUT2D eigenvalue weighted by molar-refractivity contribution is -0.111. The summed E-state index contributed by atoms with van der Waals surface area (Å²) in [6.45, 7) is 5.80. The minimum Gasteiger partial charge on any atom is -0.352 e. The van der Waals surface area contributed by atoms with Gasteiger partial charge in [0, 0.05) is 17.8 Å². The van der Waals surface area contributed by atoms with Crippen LogP contribution in [0.1, 0.15) is 17.3 Å². The Balaban J connectivity index is 2.71. The number of hydrogen-bond acceptors (Lipinski definition) is 2. The van der Waals surface area contributed by atoms with Crippen LogP contribution in [0.5, 0.6) is 0 Å². The van der Waals surface area contributed by atoms with Gasteiger partial charge in [-0.05, 0) is 37.3 Å². The number of benzene rings is 1. The first kappa shape index (κ1) is 12.0. The molecule has 84 valence electrons. The van der Waals surface area contributed by atoms with Crippen molar-refractivity contribution in [1.82, 2.24) is 5.32 Å². The number of rotatable bonds is 4. The molecule has 0 saturated carbocycles. The predicted octanol–water partition coefficient (Wildman–Crippen LogP) is 1.56. The summed E-state index contributed by atoms with van der Waals surface area (Å²) in [6.07, 6.45) is 1.19. The van der Waals surface area contributed by atoms with Gasteiger partial charge < -0.3 is 10.6 Å². The molecule has 1 aromatic carbocycles. The second-order valence-electron chi connectivity index (χ2n) is 3.13. The van der Waals surface area contributed by atoms with Crippen LogP contribution in [-0.4, -0.2) is 18.4 Å². The van der Waals surface area contributed by atoms with E-state index in [0.29, 0.717) is 17.8 Å². The third-order valence-electron chi connectivity index (χ3n) is 1.94. The normalized spacial score (nSPS) is 9.31. The Morgan fingerprint density at radius 1 is 1.31 bits per heavy atom. The van der Waals surface area contributed by atoms with Gasteiger partial charge in [-0.15, -0.1) is 0 Å². The summed E-state index contributed by atoms with van der Waals surface area (Å²) in [7, 11) is 0. The molecule has 1 rings (SSSR count). The Morgan fingerprint density at radius 2 is 1.94 bits per heavy atom. The molecule has 4 heteroatoms.